The Morgan fingerprint density at radius 2 is 1.81 bits per heavy atom. The second-order valence-corrected chi connectivity index (χ2v) is 8.19. The zero-order chi connectivity index (χ0) is 18.9. The number of hydrogen-bond acceptors (Lipinski definition) is 4. The van der Waals surface area contributed by atoms with Crippen LogP contribution in [0.1, 0.15) is 72.5 Å². The van der Waals surface area contributed by atoms with Crippen LogP contribution in [0, 0.1) is 5.92 Å². The van der Waals surface area contributed by atoms with Crippen LogP contribution in [0.3, 0.4) is 0 Å². The van der Waals surface area contributed by atoms with Gasteiger partial charge >= 0.3 is 0 Å². The molecule has 4 nitrogen and oxygen atoms in total. The highest BCUT2D eigenvalue weighted by Gasteiger charge is 2.57. The van der Waals surface area contributed by atoms with Crippen molar-refractivity contribution >= 4 is 0 Å². The van der Waals surface area contributed by atoms with Gasteiger partial charge in [-0.05, 0) is 39.2 Å². The van der Waals surface area contributed by atoms with Crippen molar-refractivity contribution in [2.45, 2.75) is 90.4 Å². The van der Waals surface area contributed by atoms with Crippen LogP contribution in [0.4, 0.5) is 0 Å². The quantitative estimate of drug-likeness (QED) is 0.730. The average Bonchev–Trinajstić information content (AvgIpc) is 3.04. The first-order chi connectivity index (χ1) is 12.4. The summed E-state index contributed by atoms with van der Waals surface area (Å²) in [5.41, 5.74) is 1.07. The molecule has 0 amide bonds. The molecule has 0 radical (unpaired) electrons. The van der Waals surface area contributed by atoms with Gasteiger partial charge < -0.3 is 9.47 Å². The summed E-state index contributed by atoms with van der Waals surface area (Å²) in [5.74, 6) is -0.248. The maximum Gasteiger partial charge on any atom is 0.174 e. The molecule has 2 heterocycles. The van der Waals surface area contributed by atoms with Crippen molar-refractivity contribution in [1.82, 2.24) is 5.06 Å². The van der Waals surface area contributed by atoms with Crippen molar-refractivity contribution in [3.8, 4) is 0 Å². The van der Waals surface area contributed by atoms with Crippen LogP contribution < -0.4 is 0 Å². The first-order valence-electron chi connectivity index (χ1n) is 10.2. The van der Waals surface area contributed by atoms with E-state index in [0.29, 0.717) is 6.61 Å². The molecule has 0 aliphatic carbocycles. The molecule has 4 heteroatoms. The van der Waals surface area contributed by atoms with Crippen molar-refractivity contribution < 1.29 is 14.3 Å². The standard InChI is InChI=1S/C22H35NO3/c1-7-21(8-2)15-24-22(26-21)14-16(3)23(18(5)17(22)4)25-19(6)20-12-10-9-11-13-20/h9-13,16-19H,7-8,14-15H2,1-6H3. The lowest BCUT2D eigenvalue weighted by atomic mass is 9.83. The van der Waals surface area contributed by atoms with Crippen LogP contribution in [0.15, 0.2) is 30.3 Å². The summed E-state index contributed by atoms with van der Waals surface area (Å²) >= 11 is 0. The molecule has 3 rings (SSSR count). The highest BCUT2D eigenvalue weighted by molar-refractivity contribution is 5.16. The van der Waals surface area contributed by atoms with E-state index in [1.807, 2.05) is 6.07 Å². The highest BCUT2D eigenvalue weighted by atomic mass is 16.8. The molecule has 0 aromatic heterocycles. The van der Waals surface area contributed by atoms with E-state index in [2.05, 4.69) is 70.9 Å². The molecule has 2 aliphatic rings. The highest BCUT2D eigenvalue weighted by Crippen LogP contribution is 2.48. The lowest BCUT2D eigenvalue weighted by Crippen LogP contribution is -2.60. The zero-order valence-corrected chi connectivity index (χ0v) is 17.2. The van der Waals surface area contributed by atoms with E-state index in [1.54, 1.807) is 0 Å². The molecular weight excluding hydrogens is 326 g/mol. The van der Waals surface area contributed by atoms with E-state index in [9.17, 15) is 0 Å². The number of piperidine rings is 1. The number of nitrogens with zero attached hydrogens (tertiary/aromatic N) is 1. The molecule has 0 bridgehead atoms. The molecule has 1 aromatic rings. The fourth-order valence-electron chi connectivity index (χ4n) is 4.45. The number of benzene rings is 1. The van der Waals surface area contributed by atoms with Crippen molar-refractivity contribution in [2.24, 2.45) is 5.92 Å². The number of ether oxygens (including phenoxy) is 2. The van der Waals surface area contributed by atoms with Gasteiger partial charge in [0.1, 0.15) is 6.10 Å². The van der Waals surface area contributed by atoms with Gasteiger partial charge in [0.15, 0.2) is 5.79 Å². The summed E-state index contributed by atoms with van der Waals surface area (Å²) in [5, 5.41) is 2.16. The minimum absolute atomic E-state index is 0.0261. The second-order valence-electron chi connectivity index (χ2n) is 8.19. The number of hydrogen-bond donors (Lipinski definition) is 0. The third-order valence-corrected chi connectivity index (χ3v) is 6.64. The fourth-order valence-corrected chi connectivity index (χ4v) is 4.45. The Balaban J connectivity index is 1.74. The Bertz CT molecular complexity index is 588. The first kappa shape index (κ1) is 19.8. The molecule has 5 atom stereocenters. The van der Waals surface area contributed by atoms with Crippen molar-refractivity contribution in [3.05, 3.63) is 35.9 Å². The Hall–Kier alpha value is -0.940. The van der Waals surface area contributed by atoms with Crippen LogP contribution >= 0.6 is 0 Å². The van der Waals surface area contributed by atoms with E-state index in [1.165, 1.54) is 5.56 Å². The predicted molar refractivity (Wildman–Crippen MR) is 104 cm³/mol. The van der Waals surface area contributed by atoms with Crippen LogP contribution in [0.25, 0.3) is 0 Å². The second kappa shape index (κ2) is 7.59. The van der Waals surface area contributed by atoms with Gasteiger partial charge in [0, 0.05) is 24.4 Å². The van der Waals surface area contributed by atoms with Gasteiger partial charge in [-0.2, -0.15) is 5.06 Å². The third-order valence-electron chi connectivity index (χ3n) is 6.64. The van der Waals surface area contributed by atoms with E-state index < -0.39 is 5.79 Å². The number of rotatable bonds is 5. The Labute approximate surface area is 158 Å². The van der Waals surface area contributed by atoms with Gasteiger partial charge in [-0.25, -0.2) is 0 Å². The molecule has 1 aromatic carbocycles. The summed E-state index contributed by atoms with van der Waals surface area (Å²) in [4.78, 5) is 6.40. The topological polar surface area (TPSA) is 30.9 Å². The molecule has 2 aliphatic heterocycles. The maximum absolute atomic E-state index is 6.66. The minimum atomic E-state index is -0.485. The van der Waals surface area contributed by atoms with Crippen LogP contribution in [-0.2, 0) is 14.3 Å². The maximum atomic E-state index is 6.66. The summed E-state index contributed by atoms with van der Waals surface area (Å²) in [6.07, 6.45) is 2.85. The molecule has 2 fully saturated rings. The van der Waals surface area contributed by atoms with E-state index >= 15 is 0 Å². The lowest BCUT2D eigenvalue weighted by Gasteiger charge is -2.51. The molecule has 26 heavy (non-hydrogen) atoms. The van der Waals surface area contributed by atoms with Crippen LogP contribution in [0.5, 0.6) is 0 Å². The summed E-state index contributed by atoms with van der Waals surface area (Å²) < 4.78 is 13.0. The predicted octanol–water partition coefficient (Wildman–Crippen LogP) is 5.10. The monoisotopic (exact) mass is 361 g/mol. The first-order valence-corrected chi connectivity index (χ1v) is 10.2. The smallest absolute Gasteiger partial charge is 0.174 e. The SMILES string of the molecule is CCC1(CC)COC2(CC(C)N(OC(C)c3ccccc3)C(C)C2C)O1. The molecular formula is C22H35NO3. The lowest BCUT2D eigenvalue weighted by molar-refractivity contribution is -0.328. The summed E-state index contributed by atoms with van der Waals surface area (Å²) in [6, 6.07) is 10.8. The third kappa shape index (κ3) is 3.45. The summed E-state index contributed by atoms with van der Waals surface area (Å²) in [7, 11) is 0. The zero-order valence-electron chi connectivity index (χ0n) is 17.2. The summed E-state index contributed by atoms with van der Waals surface area (Å²) in [6.45, 7) is 13.9. The molecule has 2 saturated heterocycles. The van der Waals surface area contributed by atoms with Gasteiger partial charge in [-0.1, -0.05) is 51.1 Å². The largest absolute Gasteiger partial charge is 0.346 e. The Morgan fingerprint density at radius 1 is 1.15 bits per heavy atom. The van der Waals surface area contributed by atoms with Crippen LogP contribution in [-0.4, -0.2) is 35.1 Å². The van der Waals surface area contributed by atoms with Crippen LogP contribution in [0.2, 0.25) is 0 Å². The fraction of sp³-hybridized carbons (Fsp3) is 0.727. The van der Waals surface area contributed by atoms with Gasteiger partial charge in [0.05, 0.1) is 12.2 Å². The number of hydroxylamine groups is 2. The normalized spacial score (nSPS) is 35.7. The minimum Gasteiger partial charge on any atom is -0.346 e. The molecule has 0 saturated carbocycles. The molecule has 1 spiro atoms. The molecule has 5 unspecified atom stereocenters. The van der Waals surface area contributed by atoms with Crippen molar-refractivity contribution in [3.63, 3.8) is 0 Å². The van der Waals surface area contributed by atoms with E-state index in [0.717, 1.165) is 19.3 Å². The van der Waals surface area contributed by atoms with Crippen molar-refractivity contribution in [2.75, 3.05) is 6.61 Å². The molecule has 0 N–H and O–H groups in total. The van der Waals surface area contributed by atoms with Crippen molar-refractivity contribution in [1.29, 1.82) is 0 Å². The van der Waals surface area contributed by atoms with E-state index in [4.69, 9.17) is 14.3 Å². The van der Waals surface area contributed by atoms with Gasteiger partial charge in [0.2, 0.25) is 0 Å². The van der Waals surface area contributed by atoms with E-state index in [-0.39, 0.29) is 29.7 Å². The Morgan fingerprint density at radius 3 is 2.38 bits per heavy atom. The van der Waals surface area contributed by atoms with Gasteiger partial charge in [-0.15, -0.1) is 0 Å². The Kier molecular flexibility index (Phi) is 5.78. The molecule has 146 valence electrons. The van der Waals surface area contributed by atoms with Gasteiger partial charge in [-0.3, -0.25) is 4.84 Å². The average molecular weight is 362 g/mol. The van der Waals surface area contributed by atoms with Gasteiger partial charge in [0.25, 0.3) is 0 Å².